The van der Waals surface area contributed by atoms with Gasteiger partial charge in [-0.3, -0.25) is 4.99 Å². The Morgan fingerprint density at radius 2 is 1.79 bits per heavy atom. The van der Waals surface area contributed by atoms with Gasteiger partial charge in [-0.25, -0.2) is 0 Å². The second-order valence-electron chi connectivity index (χ2n) is 5.80. The van der Waals surface area contributed by atoms with Crippen molar-refractivity contribution in [2.45, 2.75) is 20.8 Å². The molecule has 0 saturated heterocycles. The van der Waals surface area contributed by atoms with E-state index in [1.807, 2.05) is 30.5 Å². The summed E-state index contributed by atoms with van der Waals surface area (Å²) in [7, 11) is 0. The zero-order chi connectivity index (χ0) is 17.3. The first-order valence-electron chi connectivity index (χ1n) is 7.71. The number of para-hydroxylation sites is 1. The summed E-state index contributed by atoms with van der Waals surface area (Å²) in [5, 5.41) is 0.663. The lowest BCUT2D eigenvalue weighted by Crippen LogP contribution is -2.00. The second-order valence-corrected chi connectivity index (χ2v) is 7.37. The Morgan fingerprint density at radius 3 is 2.50 bits per heavy atom. The number of aromatic nitrogens is 1. The Kier molecular flexibility index (Phi) is 5.11. The van der Waals surface area contributed by atoms with Crippen molar-refractivity contribution in [3.63, 3.8) is 0 Å². The summed E-state index contributed by atoms with van der Waals surface area (Å²) in [4.78, 5) is 4.55. The molecule has 0 spiro atoms. The van der Waals surface area contributed by atoms with E-state index in [0.29, 0.717) is 5.02 Å². The maximum atomic E-state index is 6.18. The van der Waals surface area contributed by atoms with Crippen LogP contribution in [-0.2, 0) is 0 Å². The Hall–Kier alpha value is -1.59. The quantitative estimate of drug-likeness (QED) is 0.325. The smallest absolute Gasteiger partial charge is 0.0816 e. The fourth-order valence-electron chi connectivity index (χ4n) is 2.78. The molecule has 0 fully saturated rings. The van der Waals surface area contributed by atoms with E-state index in [2.05, 4.69) is 77.2 Å². The van der Waals surface area contributed by atoms with Gasteiger partial charge < -0.3 is 4.57 Å². The summed E-state index contributed by atoms with van der Waals surface area (Å²) >= 11 is 8.54. The van der Waals surface area contributed by atoms with E-state index in [0.717, 1.165) is 11.3 Å². The number of halogens is 2. The van der Waals surface area contributed by atoms with E-state index in [1.165, 1.54) is 26.2 Å². The molecular formula is C20H18ClIN2. The Morgan fingerprint density at radius 1 is 1.04 bits per heavy atom. The summed E-state index contributed by atoms with van der Waals surface area (Å²) in [5.74, 6) is 0. The molecule has 0 unspecified atom stereocenters. The summed E-state index contributed by atoms with van der Waals surface area (Å²) in [6.45, 7) is 6.38. The van der Waals surface area contributed by atoms with Gasteiger partial charge in [0, 0.05) is 32.4 Å². The van der Waals surface area contributed by atoms with Crippen LogP contribution < -0.4 is 0 Å². The lowest BCUT2D eigenvalue weighted by Gasteiger charge is -2.11. The van der Waals surface area contributed by atoms with Crippen LogP contribution >= 0.6 is 34.2 Å². The van der Waals surface area contributed by atoms with Gasteiger partial charge in [0.1, 0.15) is 0 Å². The molecule has 0 aliphatic rings. The maximum absolute atomic E-state index is 6.18. The van der Waals surface area contributed by atoms with Crippen LogP contribution in [0, 0.1) is 24.3 Å². The number of nitrogens with zero attached hydrogens (tertiary/aromatic N) is 2. The average molecular weight is 449 g/mol. The molecule has 122 valence electrons. The molecule has 0 aliphatic carbocycles. The van der Waals surface area contributed by atoms with Crippen molar-refractivity contribution < 1.29 is 0 Å². The third-order valence-electron chi connectivity index (χ3n) is 4.07. The number of aryl methyl sites for hydroxylation is 2. The Balaban J connectivity index is 2.00. The molecule has 3 rings (SSSR count). The van der Waals surface area contributed by atoms with Crippen LogP contribution in [0.15, 0.2) is 53.5 Å². The number of hydrogen-bond acceptors (Lipinski definition) is 1. The van der Waals surface area contributed by atoms with E-state index in [4.69, 9.17) is 11.6 Å². The molecule has 2 nitrogen and oxygen atoms in total. The van der Waals surface area contributed by atoms with E-state index < -0.39 is 0 Å². The first kappa shape index (κ1) is 17.2. The van der Waals surface area contributed by atoms with Crippen LogP contribution in [0.2, 0.25) is 5.02 Å². The van der Waals surface area contributed by atoms with Gasteiger partial charge in [-0.1, -0.05) is 23.7 Å². The van der Waals surface area contributed by atoms with E-state index in [1.54, 1.807) is 0 Å². The predicted molar refractivity (Wildman–Crippen MR) is 111 cm³/mol. The zero-order valence-electron chi connectivity index (χ0n) is 13.8. The zero-order valence-corrected chi connectivity index (χ0v) is 16.8. The van der Waals surface area contributed by atoms with Gasteiger partial charge in [-0.2, -0.15) is 0 Å². The Bertz CT molecular complexity index is 925. The number of aliphatic imine (C=N–C) groups is 1. The lowest BCUT2D eigenvalue weighted by atomic mass is 10.2. The summed E-state index contributed by atoms with van der Waals surface area (Å²) in [5.41, 5.74) is 6.71. The van der Waals surface area contributed by atoms with Gasteiger partial charge >= 0.3 is 0 Å². The van der Waals surface area contributed by atoms with Crippen molar-refractivity contribution in [3.8, 4) is 5.69 Å². The molecule has 0 amide bonds. The minimum atomic E-state index is 0.663. The molecule has 3 aromatic rings. The number of rotatable bonds is 3. The number of benzene rings is 2. The van der Waals surface area contributed by atoms with Gasteiger partial charge in [0.05, 0.1) is 10.7 Å². The molecule has 1 heterocycles. The van der Waals surface area contributed by atoms with Gasteiger partial charge in [-0.15, -0.1) is 0 Å². The molecule has 1 aromatic heterocycles. The van der Waals surface area contributed by atoms with Crippen LogP contribution in [0.25, 0.3) is 5.69 Å². The van der Waals surface area contributed by atoms with Crippen LogP contribution in [0.3, 0.4) is 0 Å². The van der Waals surface area contributed by atoms with E-state index in [-0.39, 0.29) is 0 Å². The molecule has 24 heavy (non-hydrogen) atoms. The van der Waals surface area contributed by atoms with E-state index >= 15 is 0 Å². The van der Waals surface area contributed by atoms with E-state index in [9.17, 15) is 0 Å². The van der Waals surface area contributed by atoms with Crippen LogP contribution in [0.1, 0.15) is 22.5 Å². The molecule has 0 bridgehead atoms. The molecule has 0 N–H and O–H groups in total. The molecular weight excluding hydrogens is 431 g/mol. The number of hydrogen-bond donors (Lipinski definition) is 0. The van der Waals surface area contributed by atoms with Crippen LogP contribution in [-0.4, -0.2) is 10.8 Å². The fraction of sp³-hybridized carbons (Fsp3) is 0.150. The van der Waals surface area contributed by atoms with Crippen molar-refractivity contribution in [2.75, 3.05) is 0 Å². The molecule has 0 saturated carbocycles. The third-order valence-corrected chi connectivity index (χ3v) is 5.60. The lowest BCUT2D eigenvalue weighted by molar-refractivity contribution is 0.962. The molecule has 4 heteroatoms. The molecule has 0 atom stereocenters. The summed E-state index contributed by atoms with van der Waals surface area (Å²) in [6, 6.07) is 16.3. The average Bonchev–Trinajstić information content (AvgIpc) is 2.83. The standard InChI is InChI=1S/C20H18ClIN2/c1-13-10-17(8-9-19(13)22)24-14(2)11-16(15(24)3)12-23-20-7-5-4-6-18(20)21/h4-12H,1-3H3. The predicted octanol–water partition coefficient (Wildman–Crippen LogP) is 6.41. The summed E-state index contributed by atoms with van der Waals surface area (Å²) < 4.78 is 3.54. The highest BCUT2D eigenvalue weighted by Gasteiger charge is 2.10. The molecule has 0 aliphatic heterocycles. The van der Waals surface area contributed by atoms with Crippen molar-refractivity contribution in [3.05, 3.63) is 79.6 Å². The van der Waals surface area contributed by atoms with Crippen molar-refractivity contribution in [1.29, 1.82) is 0 Å². The topological polar surface area (TPSA) is 17.3 Å². The van der Waals surface area contributed by atoms with Crippen LogP contribution in [0.4, 0.5) is 5.69 Å². The van der Waals surface area contributed by atoms with Crippen molar-refractivity contribution >= 4 is 46.1 Å². The highest BCUT2D eigenvalue weighted by molar-refractivity contribution is 14.1. The fourth-order valence-corrected chi connectivity index (χ4v) is 3.30. The minimum Gasteiger partial charge on any atom is -0.318 e. The first-order valence-corrected chi connectivity index (χ1v) is 9.17. The van der Waals surface area contributed by atoms with Gasteiger partial charge in [0.15, 0.2) is 0 Å². The van der Waals surface area contributed by atoms with Gasteiger partial charge in [-0.05, 0) is 85.3 Å². The Labute approximate surface area is 161 Å². The summed E-state index contributed by atoms with van der Waals surface area (Å²) in [6.07, 6.45) is 1.89. The SMILES string of the molecule is Cc1cc(-n2c(C)cc(C=Nc3ccccc3Cl)c2C)ccc1I. The largest absolute Gasteiger partial charge is 0.318 e. The highest BCUT2D eigenvalue weighted by Crippen LogP contribution is 2.25. The minimum absolute atomic E-state index is 0.663. The molecule has 2 aromatic carbocycles. The highest BCUT2D eigenvalue weighted by atomic mass is 127. The van der Waals surface area contributed by atoms with Crippen molar-refractivity contribution in [2.24, 2.45) is 4.99 Å². The normalized spacial score (nSPS) is 11.4. The second kappa shape index (κ2) is 7.11. The monoisotopic (exact) mass is 448 g/mol. The third kappa shape index (κ3) is 3.42. The molecule has 0 radical (unpaired) electrons. The van der Waals surface area contributed by atoms with Gasteiger partial charge in [0.25, 0.3) is 0 Å². The maximum Gasteiger partial charge on any atom is 0.0816 e. The van der Waals surface area contributed by atoms with Gasteiger partial charge in [0.2, 0.25) is 0 Å². The van der Waals surface area contributed by atoms with Crippen molar-refractivity contribution in [1.82, 2.24) is 4.57 Å². The first-order chi connectivity index (χ1) is 11.5. The van der Waals surface area contributed by atoms with Crippen LogP contribution in [0.5, 0.6) is 0 Å².